The van der Waals surface area contributed by atoms with E-state index in [0.29, 0.717) is 0 Å². The van der Waals surface area contributed by atoms with E-state index in [1.54, 1.807) is 0 Å². The number of imidazole rings is 1. The number of aryl methyl sites for hydroxylation is 1. The molecule has 0 radical (unpaired) electrons. The lowest BCUT2D eigenvalue weighted by Gasteiger charge is -2.09. The molecule has 0 saturated heterocycles. The van der Waals surface area contributed by atoms with Gasteiger partial charge in [0, 0.05) is 20.5 Å². The molecule has 17 heavy (non-hydrogen) atoms. The number of nitrogens with zero attached hydrogens (tertiary/aromatic N) is 3. The van der Waals surface area contributed by atoms with Gasteiger partial charge in [0.15, 0.2) is 5.65 Å². The predicted molar refractivity (Wildman–Crippen MR) is 70.5 cm³/mol. The fourth-order valence-corrected chi connectivity index (χ4v) is 1.73. The average Bonchev–Trinajstić information content (AvgIpc) is 2.70. The highest BCUT2D eigenvalue weighted by Crippen LogP contribution is 2.15. The minimum atomic E-state index is 0.802. The van der Waals surface area contributed by atoms with Gasteiger partial charge in [0.1, 0.15) is 11.6 Å². The Balaban J connectivity index is 2.18. The molecule has 2 N–H and O–H groups in total. The first kappa shape index (κ1) is 11.9. The first-order valence-electron chi connectivity index (χ1n) is 5.88. The van der Waals surface area contributed by atoms with Gasteiger partial charge in [-0.2, -0.15) is 0 Å². The number of anilines is 1. The molecule has 0 aliphatic rings. The summed E-state index contributed by atoms with van der Waals surface area (Å²) in [6, 6.07) is 4.03. The lowest BCUT2D eigenvalue weighted by atomic mass is 10.3. The highest BCUT2D eigenvalue weighted by Gasteiger charge is 2.05. The maximum Gasteiger partial charge on any atom is 0.179 e. The van der Waals surface area contributed by atoms with Crippen molar-refractivity contribution in [3.63, 3.8) is 0 Å². The van der Waals surface area contributed by atoms with E-state index in [1.165, 1.54) is 0 Å². The van der Waals surface area contributed by atoms with Crippen molar-refractivity contribution in [3.05, 3.63) is 18.0 Å². The van der Waals surface area contributed by atoms with Gasteiger partial charge in [-0.1, -0.05) is 0 Å². The lowest BCUT2D eigenvalue weighted by molar-refractivity contribution is 0.708. The van der Waals surface area contributed by atoms with Crippen LogP contribution >= 0.6 is 0 Å². The third-order valence-electron chi connectivity index (χ3n) is 2.68. The van der Waals surface area contributed by atoms with Crippen LogP contribution in [0.3, 0.4) is 0 Å². The van der Waals surface area contributed by atoms with Gasteiger partial charge in [-0.3, -0.25) is 0 Å². The first-order chi connectivity index (χ1) is 8.20. The standard InChI is InChI=1S/C12H19N5/c1-13-8-4-5-10-14-9-6-7-11(17(2)3)16-12(9)15-10/h6-7,13H,4-5,8H2,1-3H3,(H,14,15,16). The predicted octanol–water partition coefficient (Wildman–Crippen LogP) is 1.18. The third kappa shape index (κ3) is 2.74. The minimum absolute atomic E-state index is 0.802. The van der Waals surface area contributed by atoms with Crippen LogP contribution in [0.25, 0.3) is 11.2 Å². The number of rotatable bonds is 5. The zero-order valence-electron chi connectivity index (χ0n) is 10.6. The molecule has 2 rings (SSSR count). The van der Waals surface area contributed by atoms with Crippen LogP contribution in [0.2, 0.25) is 0 Å². The number of aromatic nitrogens is 3. The SMILES string of the molecule is CNCCCc1nc2nc(N(C)C)ccc2[nH]1. The van der Waals surface area contributed by atoms with Crippen LogP contribution in [-0.2, 0) is 6.42 Å². The number of fused-ring (bicyclic) bond motifs is 1. The first-order valence-corrected chi connectivity index (χ1v) is 5.88. The van der Waals surface area contributed by atoms with Crippen LogP contribution in [0.4, 0.5) is 5.82 Å². The van der Waals surface area contributed by atoms with E-state index < -0.39 is 0 Å². The summed E-state index contributed by atoms with van der Waals surface area (Å²) in [5.41, 5.74) is 1.81. The smallest absolute Gasteiger partial charge is 0.179 e. The normalized spacial score (nSPS) is 11.0. The zero-order valence-corrected chi connectivity index (χ0v) is 10.6. The largest absolute Gasteiger partial charge is 0.363 e. The lowest BCUT2D eigenvalue weighted by Crippen LogP contribution is -2.10. The second-order valence-corrected chi connectivity index (χ2v) is 4.33. The Morgan fingerprint density at radius 1 is 1.29 bits per heavy atom. The average molecular weight is 233 g/mol. The molecule has 0 spiro atoms. The molecule has 92 valence electrons. The Bertz CT molecular complexity index is 489. The van der Waals surface area contributed by atoms with Gasteiger partial charge >= 0.3 is 0 Å². The van der Waals surface area contributed by atoms with Crippen LogP contribution in [0, 0.1) is 0 Å². The van der Waals surface area contributed by atoms with Crippen molar-refractivity contribution in [3.8, 4) is 0 Å². The van der Waals surface area contributed by atoms with E-state index in [4.69, 9.17) is 0 Å². The monoisotopic (exact) mass is 233 g/mol. The molecule has 0 bridgehead atoms. The highest BCUT2D eigenvalue weighted by atomic mass is 15.1. The van der Waals surface area contributed by atoms with Crippen LogP contribution in [0.5, 0.6) is 0 Å². The summed E-state index contributed by atoms with van der Waals surface area (Å²) < 4.78 is 0. The van der Waals surface area contributed by atoms with E-state index in [9.17, 15) is 0 Å². The van der Waals surface area contributed by atoms with Crippen molar-refractivity contribution < 1.29 is 0 Å². The summed E-state index contributed by atoms with van der Waals surface area (Å²) in [4.78, 5) is 14.3. The maximum absolute atomic E-state index is 4.51. The molecule has 0 atom stereocenters. The zero-order chi connectivity index (χ0) is 12.3. The van der Waals surface area contributed by atoms with Crippen molar-refractivity contribution in [1.29, 1.82) is 0 Å². The fraction of sp³-hybridized carbons (Fsp3) is 0.500. The molecular formula is C12H19N5. The number of hydrogen-bond acceptors (Lipinski definition) is 4. The van der Waals surface area contributed by atoms with Crippen LogP contribution in [0.1, 0.15) is 12.2 Å². The molecule has 0 aliphatic carbocycles. The maximum atomic E-state index is 4.51. The van der Waals surface area contributed by atoms with Gasteiger partial charge in [-0.15, -0.1) is 0 Å². The van der Waals surface area contributed by atoms with Crippen molar-refractivity contribution in [2.45, 2.75) is 12.8 Å². The summed E-state index contributed by atoms with van der Waals surface area (Å²) in [7, 11) is 5.92. The molecule has 2 heterocycles. The second kappa shape index (κ2) is 5.14. The molecule has 0 fully saturated rings. The van der Waals surface area contributed by atoms with E-state index in [1.807, 2.05) is 38.2 Å². The quantitative estimate of drug-likeness (QED) is 0.761. The van der Waals surface area contributed by atoms with Gasteiger partial charge in [0.25, 0.3) is 0 Å². The fourth-order valence-electron chi connectivity index (χ4n) is 1.73. The Hall–Kier alpha value is -1.62. The molecule has 0 saturated carbocycles. The Kier molecular flexibility index (Phi) is 3.58. The Morgan fingerprint density at radius 3 is 2.82 bits per heavy atom. The molecule has 5 nitrogen and oxygen atoms in total. The number of H-pyrrole nitrogens is 1. The van der Waals surface area contributed by atoms with Crippen molar-refractivity contribution in [2.24, 2.45) is 0 Å². The van der Waals surface area contributed by atoms with Crippen molar-refractivity contribution in [2.75, 3.05) is 32.6 Å². The summed E-state index contributed by atoms with van der Waals surface area (Å²) in [5, 5.41) is 3.13. The Labute approximate surface area is 101 Å². The van der Waals surface area contributed by atoms with E-state index in [0.717, 1.165) is 42.2 Å². The number of aromatic amines is 1. The number of pyridine rings is 1. The van der Waals surface area contributed by atoms with Crippen LogP contribution in [-0.4, -0.2) is 42.6 Å². The van der Waals surface area contributed by atoms with Gasteiger partial charge in [0.2, 0.25) is 0 Å². The second-order valence-electron chi connectivity index (χ2n) is 4.33. The van der Waals surface area contributed by atoms with Crippen LogP contribution < -0.4 is 10.2 Å². The van der Waals surface area contributed by atoms with E-state index >= 15 is 0 Å². The molecule has 5 heteroatoms. The van der Waals surface area contributed by atoms with E-state index in [2.05, 4.69) is 20.3 Å². The summed E-state index contributed by atoms with van der Waals surface area (Å²) in [6.45, 7) is 1.01. The van der Waals surface area contributed by atoms with Crippen LogP contribution in [0.15, 0.2) is 12.1 Å². The highest BCUT2D eigenvalue weighted by molar-refractivity contribution is 5.73. The topological polar surface area (TPSA) is 56.8 Å². The molecule has 0 aliphatic heterocycles. The van der Waals surface area contributed by atoms with E-state index in [-0.39, 0.29) is 0 Å². The summed E-state index contributed by atoms with van der Waals surface area (Å²) >= 11 is 0. The molecule has 2 aromatic rings. The van der Waals surface area contributed by atoms with Gasteiger partial charge < -0.3 is 15.2 Å². The Morgan fingerprint density at radius 2 is 2.12 bits per heavy atom. The number of hydrogen-bond donors (Lipinski definition) is 2. The van der Waals surface area contributed by atoms with Crippen molar-refractivity contribution >= 4 is 17.0 Å². The minimum Gasteiger partial charge on any atom is -0.363 e. The van der Waals surface area contributed by atoms with Gasteiger partial charge in [-0.05, 0) is 32.1 Å². The van der Waals surface area contributed by atoms with Gasteiger partial charge in [0.05, 0.1) is 5.52 Å². The summed E-state index contributed by atoms with van der Waals surface area (Å²) in [6.07, 6.45) is 2.03. The van der Waals surface area contributed by atoms with Gasteiger partial charge in [-0.25, -0.2) is 9.97 Å². The summed E-state index contributed by atoms with van der Waals surface area (Å²) in [5.74, 6) is 1.95. The number of nitrogens with one attached hydrogen (secondary N) is 2. The molecule has 0 aromatic carbocycles. The van der Waals surface area contributed by atoms with Crippen molar-refractivity contribution in [1.82, 2.24) is 20.3 Å². The molecule has 2 aromatic heterocycles. The third-order valence-corrected chi connectivity index (χ3v) is 2.68. The molecule has 0 amide bonds. The molecule has 0 unspecified atom stereocenters. The molecular weight excluding hydrogens is 214 g/mol.